The van der Waals surface area contributed by atoms with E-state index in [4.69, 9.17) is 5.73 Å². The van der Waals surface area contributed by atoms with Gasteiger partial charge in [0.15, 0.2) is 0 Å². The van der Waals surface area contributed by atoms with Crippen LogP contribution in [0.1, 0.15) is 33.8 Å². The molecular formula is C22H28ClN5OS. The molecule has 3 heterocycles. The van der Waals surface area contributed by atoms with Gasteiger partial charge in [0.05, 0.1) is 5.69 Å². The molecule has 0 radical (unpaired) electrons. The molecule has 0 unspecified atom stereocenters. The molecule has 30 heavy (non-hydrogen) atoms. The van der Waals surface area contributed by atoms with Gasteiger partial charge in [-0.2, -0.15) is 0 Å². The van der Waals surface area contributed by atoms with E-state index in [-0.39, 0.29) is 24.2 Å². The Balaban J connectivity index is 0.00000256. The number of nitrogen functional groups attached to an aromatic ring is 1. The van der Waals surface area contributed by atoms with Gasteiger partial charge in [-0.25, -0.2) is 4.98 Å². The lowest BCUT2D eigenvalue weighted by atomic mass is 10.0. The van der Waals surface area contributed by atoms with Crippen LogP contribution in [0.4, 0.5) is 11.4 Å². The number of fused-ring (bicyclic) bond motifs is 1. The zero-order valence-corrected chi connectivity index (χ0v) is 18.9. The molecule has 3 aromatic rings. The van der Waals surface area contributed by atoms with Gasteiger partial charge in [-0.05, 0) is 42.7 Å². The Labute approximate surface area is 187 Å². The van der Waals surface area contributed by atoms with Crippen LogP contribution in [0.25, 0.3) is 10.2 Å². The molecule has 0 aliphatic carbocycles. The van der Waals surface area contributed by atoms with Crippen molar-refractivity contribution in [1.29, 1.82) is 0 Å². The number of piperazine rings is 1. The van der Waals surface area contributed by atoms with Gasteiger partial charge in [0.25, 0.3) is 5.91 Å². The zero-order chi connectivity index (χ0) is 20.4. The average Bonchev–Trinajstić information content (AvgIpc) is 3.08. The molecule has 8 heteroatoms. The Morgan fingerprint density at radius 2 is 1.93 bits per heavy atom. The molecule has 1 saturated heterocycles. The summed E-state index contributed by atoms with van der Waals surface area (Å²) in [6, 6.07) is 12.5. The topological polar surface area (TPSA) is 83.3 Å². The molecule has 4 N–H and O–H groups in total. The van der Waals surface area contributed by atoms with Crippen molar-refractivity contribution in [3.8, 4) is 0 Å². The second-order valence-electron chi connectivity index (χ2n) is 7.59. The summed E-state index contributed by atoms with van der Waals surface area (Å²) in [5.41, 5.74) is 10.1. The summed E-state index contributed by atoms with van der Waals surface area (Å²) in [5, 5.41) is 7.26. The van der Waals surface area contributed by atoms with Gasteiger partial charge >= 0.3 is 0 Å². The van der Waals surface area contributed by atoms with Crippen LogP contribution < -0.4 is 21.3 Å². The van der Waals surface area contributed by atoms with E-state index < -0.39 is 0 Å². The quantitative estimate of drug-likeness (QED) is 0.559. The SMILES string of the molecule is Cc1ccc2c(N)c(C(=O)NC[C@@H](C)c3ccc(N4CCNCC4)cc3)sc2n1.Cl. The number of nitrogens with two attached hydrogens (primary N) is 1. The first-order valence-electron chi connectivity index (χ1n) is 10.0. The van der Waals surface area contributed by atoms with Gasteiger partial charge in [0, 0.05) is 49.5 Å². The minimum Gasteiger partial charge on any atom is -0.397 e. The number of pyridine rings is 1. The number of nitrogens with zero attached hydrogens (tertiary/aromatic N) is 2. The molecule has 1 fully saturated rings. The lowest BCUT2D eigenvalue weighted by Gasteiger charge is -2.29. The first kappa shape index (κ1) is 22.3. The minimum absolute atomic E-state index is 0. The van der Waals surface area contributed by atoms with E-state index in [0.717, 1.165) is 42.1 Å². The molecule has 0 bridgehead atoms. The number of carbonyl (C=O) groups is 1. The summed E-state index contributed by atoms with van der Waals surface area (Å²) in [5.74, 6) is 0.0828. The predicted octanol–water partition coefficient (Wildman–Crippen LogP) is 3.55. The maximum atomic E-state index is 12.7. The van der Waals surface area contributed by atoms with Crippen molar-refractivity contribution >= 4 is 51.2 Å². The van der Waals surface area contributed by atoms with Crippen molar-refractivity contribution in [2.75, 3.05) is 43.4 Å². The van der Waals surface area contributed by atoms with Crippen LogP contribution in [0.3, 0.4) is 0 Å². The van der Waals surface area contributed by atoms with Crippen molar-refractivity contribution in [3.63, 3.8) is 0 Å². The van der Waals surface area contributed by atoms with Gasteiger partial charge in [-0.15, -0.1) is 23.7 Å². The third kappa shape index (κ3) is 4.69. The van der Waals surface area contributed by atoms with Crippen LogP contribution in [-0.4, -0.2) is 43.6 Å². The molecular weight excluding hydrogens is 418 g/mol. The van der Waals surface area contributed by atoms with Gasteiger partial charge < -0.3 is 21.3 Å². The minimum atomic E-state index is -0.132. The summed E-state index contributed by atoms with van der Waals surface area (Å²) < 4.78 is 0. The standard InChI is InChI=1S/C22H27N5OS.ClH/c1-14(16-4-6-17(7-5-16)27-11-9-24-10-12-27)13-25-21(28)20-19(23)18-8-3-15(2)26-22(18)29-20;/h3-8,14,24H,9-13,23H2,1-2H3,(H,25,28);1H/t14-;/m1./s1. The Kier molecular flexibility index (Phi) is 7.18. The third-order valence-electron chi connectivity index (χ3n) is 5.45. The lowest BCUT2D eigenvalue weighted by molar-refractivity contribution is 0.0956. The Hall–Kier alpha value is -2.35. The molecule has 0 spiro atoms. The molecule has 4 rings (SSSR count). The van der Waals surface area contributed by atoms with Gasteiger partial charge in [-0.3, -0.25) is 4.79 Å². The highest BCUT2D eigenvalue weighted by atomic mass is 35.5. The predicted molar refractivity (Wildman–Crippen MR) is 128 cm³/mol. The largest absolute Gasteiger partial charge is 0.397 e. The van der Waals surface area contributed by atoms with Gasteiger partial charge in [-0.1, -0.05) is 19.1 Å². The molecule has 0 saturated carbocycles. The van der Waals surface area contributed by atoms with Crippen LogP contribution in [0.15, 0.2) is 36.4 Å². The van der Waals surface area contributed by atoms with Crippen molar-refractivity contribution in [3.05, 3.63) is 52.5 Å². The normalized spacial score (nSPS) is 14.9. The van der Waals surface area contributed by atoms with E-state index in [1.165, 1.54) is 22.6 Å². The highest BCUT2D eigenvalue weighted by Gasteiger charge is 2.18. The van der Waals surface area contributed by atoms with Crippen LogP contribution >= 0.6 is 23.7 Å². The number of nitrogens with one attached hydrogen (secondary N) is 2. The first-order chi connectivity index (χ1) is 14.0. The fraction of sp³-hybridized carbons (Fsp3) is 0.364. The highest BCUT2D eigenvalue weighted by molar-refractivity contribution is 7.21. The number of hydrogen-bond acceptors (Lipinski definition) is 6. The average molecular weight is 446 g/mol. The van der Waals surface area contributed by atoms with E-state index in [2.05, 4.69) is 51.7 Å². The number of benzene rings is 1. The number of amides is 1. The van der Waals surface area contributed by atoms with E-state index in [9.17, 15) is 4.79 Å². The fourth-order valence-corrected chi connectivity index (χ4v) is 4.69. The van der Waals surface area contributed by atoms with Crippen molar-refractivity contribution in [1.82, 2.24) is 15.6 Å². The Morgan fingerprint density at radius 3 is 2.63 bits per heavy atom. The Bertz CT molecular complexity index is 1010. The number of rotatable bonds is 5. The summed E-state index contributed by atoms with van der Waals surface area (Å²) in [4.78, 5) is 20.9. The molecule has 1 amide bonds. The number of carbonyl (C=O) groups excluding carboxylic acids is 1. The van der Waals surface area contributed by atoms with Crippen molar-refractivity contribution < 1.29 is 4.79 Å². The van der Waals surface area contributed by atoms with Crippen molar-refractivity contribution in [2.45, 2.75) is 19.8 Å². The third-order valence-corrected chi connectivity index (χ3v) is 6.57. The van der Waals surface area contributed by atoms with Crippen LogP contribution in [0, 0.1) is 6.92 Å². The summed E-state index contributed by atoms with van der Waals surface area (Å²) in [6.07, 6.45) is 0. The number of aryl methyl sites for hydroxylation is 1. The summed E-state index contributed by atoms with van der Waals surface area (Å²) in [7, 11) is 0. The molecule has 6 nitrogen and oxygen atoms in total. The van der Waals surface area contributed by atoms with Crippen LogP contribution in [0.2, 0.25) is 0 Å². The number of halogens is 1. The monoisotopic (exact) mass is 445 g/mol. The first-order valence-corrected chi connectivity index (χ1v) is 10.8. The molecule has 1 aliphatic rings. The number of hydrogen-bond donors (Lipinski definition) is 3. The molecule has 1 aliphatic heterocycles. The zero-order valence-electron chi connectivity index (χ0n) is 17.3. The number of thiophene rings is 1. The molecule has 160 valence electrons. The van der Waals surface area contributed by atoms with E-state index >= 15 is 0 Å². The van der Waals surface area contributed by atoms with Gasteiger partial charge in [0.1, 0.15) is 9.71 Å². The molecule has 1 atom stereocenters. The molecule has 2 aromatic heterocycles. The second-order valence-corrected chi connectivity index (χ2v) is 8.59. The van der Waals surface area contributed by atoms with E-state index in [0.29, 0.717) is 17.1 Å². The smallest absolute Gasteiger partial charge is 0.263 e. The number of anilines is 2. The maximum absolute atomic E-state index is 12.7. The molecule has 1 aromatic carbocycles. The Morgan fingerprint density at radius 1 is 1.23 bits per heavy atom. The summed E-state index contributed by atoms with van der Waals surface area (Å²) in [6.45, 7) is 8.75. The van der Waals surface area contributed by atoms with Crippen molar-refractivity contribution in [2.24, 2.45) is 0 Å². The second kappa shape index (κ2) is 9.64. The number of aromatic nitrogens is 1. The summed E-state index contributed by atoms with van der Waals surface area (Å²) >= 11 is 1.35. The highest BCUT2D eigenvalue weighted by Crippen LogP contribution is 2.32. The lowest BCUT2D eigenvalue weighted by Crippen LogP contribution is -2.43. The van der Waals surface area contributed by atoms with Gasteiger partial charge in [0.2, 0.25) is 0 Å². The fourth-order valence-electron chi connectivity index (χ4n) is 3.64. The van der Waals surface area contributed by atoms with Crippen LogP contribution in [-0.2, 0) is 0 Å². The van der Waals surface area contributed by atoms with E-state index in [1.807, 2.05) is 19.1 Å². The van der Waals surface area contributed by atoms with E-state index in [1.54, 1.807) is 0 Å². The van der Waals surface area contributed by atoms with Crippen LogP contribution in [0.5, 0.6) is 0 Å². The maximum Gasteiger partial charge on any atom is 0.263 e.